The first-order valence-electron chi connectivity index (χ1n) is 5.41. The van der Waals surface area contributed by atoms with E-state index in [1.807, 2.05) is 18.2 Å². The van der Waals surface area contributed by atoms with E-state index < -0.39 is 0 Å². The number of aliphatic hydroxyl groups is 1. The first-order chi connectivity index (χ1) is 8.22. The van der Waals surface area contributed by atoms with Gasteiger partial charge in [-0.2, -0.15) is 0 Å². The molecule has 2 aromatic rings. The number of nitrogens with zero attached hydrogens (tertiary/aromatic N) is 1. The number of pyridine rings is 1. The monoisotopic (exact) mass is 295 g/mol. The standard InChI is InChI=1S/C12H14BrN3O/c13-8-6-10-9(11(14)7-8)2-4-16-12(10)15-3-1-5-17/h2,4,6-7,17H,1,3,5,14H2,(H,15,16). The van der Waals surface area contributed by atoms with Crippen LogP contribution in [0.25, 0.3) is 10.8 Å². The number of hydrogen-bond donors (Lipinski definition) is 3. The molecule has 1 aromatic carbocycles. The molecule has 0 saturated carbocycles. The summed E-state index contributed by atoms with van der Waals surface area (Å²) >= 11 is 3.42. The van der Waals surface area contributed by atoms with Crippen LogP contribution in [-0.2, 0) is 0 Å². The van der Waals surface area contributed by atoms with Gasteiger partial charge in [-0.3, -0.25) is 0 Å². The highest BCUT2D eigenvalue weighted by Gasteiger charge is 2.05. The van der Waals surface area contributed by atoms with Crippen molar-refractivity contribution in [1.29, 1.82) is 0 Å². The van der Waals surface area contributed by atoms with Crippen LogP contribution >= 0.6 is 15.9 Å². The maximum atomic E-state index is 8.76. The first kappa shape index (κ1) is 12.1. The zero-order valence-corrected chi connectivity index (χ0v) is 10.9. The zero-order valence-electron chi connectivity index (χ0n) is 9.28. The van der Waals surface area contributed by atoms with E-state index in [0.29, 0.717) is 13.0 Å². The number of aromatic nitrogens is 1. The molecule has 0 saturated heterocycles. The van der Waals surface area contributed by atoms with Crippen LogP contribution in [0, 0.1) is 0 Å². The maximum Gasteiger partial charge on any atom is 0.133 e. The summed E-state index contributed by atoms with van der Waals surface area (Å²) in [5.74, 6) is 0.795. The number of halogens is 1. The number of hydrogen-bond acceptors (Lipinski definition) is 4. The minimum absolute atomic E-state index is 0.170. The van der Waals surface area contributed by atoms with E-state index in [9.17, 15) is 0 Å². The van der Waals surface area contributed by atoms with Crippen molar-refractivity contribution in [1.82, 2.24) is 4.98 Å². The molecule has 0 bridgehead atoms. The van der Waals surface area contributed by atoms with Crippen molar-refractivity contribution in [3.63, 3.8) is 0 Å². The number of anilines is 2. The molecule has 90 valence electrons. The van der Waals surface area contributed by atoms with Gasteiger partial charge in [0.2, 0.25) is 0 Å². The van der Waals surface area contributed by atoms with Crippen molar-refractivity contribution in [3.05, 3.63) is 28.9 Å². The molecule has 4 nitrogen and oxygen atoms in total. The van der Waals surface area contributed by atoms with Gasteiger partial charge in [0.25, 0.3) is 0 Å². The predicted octanol–water partition coefficient (Wildman–Crippen LogP) is 2.37. The van der Waals surface area contributed by atoms with Crippen LogP contribution in [0.4, 0.5) is 11.5 Å². The Morgan fingerprint density at radius 2 is 2.18 bits per heavy atom. The van der Waals surface area contributed by atoms with Crippen LogP contribution in [0.1, 0.15) is 6.42 Å². The molecule has 0 aliphatic heterocycles. The van der Waals surface area contributed by atoms with Crippen molar-refractivity contribution in [2.75, 3.05) is 24.2 Å². The predicted molar refractivity (Wildman–Crippen MR) is 74.0 cm³/mol. The Kier molecular flexibility index (Phi) is 3.81. The van der Waals surface area contributed by atoms with Crippen LogP contribution in [0.3, 0.4) is 0 Å². The lowest BCUT2D eigenvalue weighted by molar-refractivity contribution is 0.292. The topological polar surface area (TPSA) is 71.2 Å². The third kappa shape index (κ3) is 2.68. The third-order valence-electron chi connectivity index (χ3n) is 2.50. The third-order valence-corrected chi connectivity index (χ3v) is 2.96. The molecule has 0 unspecified atom stereocenters. The maximum absolute atomic E-state index is 8.76. The number of nitrogens with two attached hydrogens (primary N) is 1. The fourth-order valence-corrected chi connectivity index (χ4v) is 2.18. The second-order valence-corrected chi connectivity index (χ2v) is 4.67. The first-order valence-corrected chi connectivity index (χ1v) is 6.20. The lowest BCUT2D eigenvalue weighted by Crippen LogP contribution is -2.05. The number of nitrogens with one attached hydrogen (secondary N) is 1. The van der Waals surface area contributed by atoms with Crippen molar-refractivity contribution in [3.8, 4) is 0 Å². The van der Waals surface area contributed by atoms with Crippen molar-refractivity contribution >= 4 is 38.2 Å². The van der Waals surface area contributed by atoms with Gasteiger partial charge in [0.1, 0.15) is 5.82 Å². The van der Waals surface area contributed by atoms with Gasteiger partial charge < -0.3 is 16.2 Å². The smallest absolute Gasteiger partial charge is 0.133 e. The summed E-state index contributed by atoms with van der Waals surface area (Å²) in [4.78, 5) is 4.29. The summed E-state index contributed by atoms with van der Waals surface area (Å²) in [6.45, 7) is 0.860. The van der Waals surface area contributed by atoms with Crippen LogP contribution in [0.15, 0.2) is 28.9 Å². The molecule has 4 N–H and O–H groups in total. The van der Waals surface area contributed by atoms with Gasteiger partial charge in [0.15, 0.2) is 0 Å². The molecule has 1 aromatic heterocycles. The summed E-state index contributed by atoms with van der Waals surface area (Å²) in [5, 5.41) is 13.9. The van der Waals surface area contributed by atoms with Gasteiger partial charge in [-0.25, -0.2) is 4.98 Å². The zero-order chi connectivity index (χ0) is 12.3. The molecule has 0 aliphatic carbocycles. The lowest BCUT2D eigenvalue weighted by atomic mass is 10.1. The lowest BCUT2D eigenvalue weighted by Gasteiger charge is -2.10. The number of rotatable bonds is 4. The summed E-state index contributed by atoms with van der Waals surface area (Å²) < 4.78 is 0.931. The Morgan fingerprint density at radius 3 is 2.94 bits per heavy atom. The average Bonchev–Trinajstić information content (AvgIpc) is 2.30. The van der Waals surface area contributed by atoms with Crippen molar-refractivity contribution in [2.24, 2.45) is 0 Å². The number of nitrogen functional groups attached to an aromatic ring is 1. The van der Waals surface area contributed by atoms with E-state index in [-0.39, 0.29) is 6.61 Å². The van der Waals surface area contributed by atoms with E-state index in [4.69, 9.17) is 10.8 Å². The Morgan fingerprint density at radius 1 is 1.35 bits per heavy atom. The van der Waals surface area contributed by atoms with Crippen molar-refractivity contribution in [2.45, 2.75) is 6.42 Å². The molecule has 2 rings (SSSR count). The van der Waals surface area contributed by atoms with Gasteiger partial charge in [0, 0.05) is 40.3 Å². The minimum atomic E-state index is 0.170. The normalized spacial score (nSPS) is 10.7. The largest absolute Gasteiger partial charge is 0.398 e. The van der Waals surface area contributed by atoms with E-state index in [1.165, 1.54) is 0 Å². The highest BCUT2D eigenvalue weighted by Crippen LogP contribution is 2.29. The second kappa shape index (κ2) is 5.33. The highest BCUT2D eigenvalue weighted by atomic mass is 79.9. The van der Waals surface area contributed by atoms with Gasteiger partial charge in [-0.05, 0) is 24.6 Å². The van der Waals surface area contributed by atoms with E-state index in [0.717, 1.165) is 26.8 Å². The molecule has 0 atom stereocenters. The summed E-state index contributed by atoms with van der Waals surface area (Å²) in [7, 11) is 0. The van der Waals surface area contributed by atoms with Crippen LogP contribution in [-0.4, -0.2) is 23.2 Å². The van der Waals surface area contributed by atoms with Crippen LogP contribution in [0.2, 0.25) is 0 Å². The quantitative estimate of drug-likeness (QED) is 0.598. The second-order valence-electron chi connectivity index (χ2n) is 3.75. The van der Waals surface area contributed by atoms with Crippen molar-refractivity contribution < 1.29 is 5.11 Å². The van der Waals surface area contributed by atoms with E-state index >= 15 is 0 Å². The van der Waals surface area contributed by atoms with E-state index in [2.05, 4.69) is 26.2 Å². The molecular weight excluding hydrogens is 282 g/mol. The molecule has 1 heterocycles. The molecule has 0 radical (unpaired) electrons. The highest BCUT2D eigenvalue weighted by molar-refractivity contribution is 9.10. The van der Waals surface area contributed by atoms with Crippen LogP contribution < -0.4 is 11.1 Å². The Bertz CT molecular complexity index is 530. The fraction of sp³-hybridized carbons (Fsp3) is 0.250. The molecule has 5 heteroatoms. The number of benzene rings is 1. The Hall–Kier alpha value is -1.33. The molecule has 0 spiro atoms. The van der Waals surface area contributed by atoms with Gasteiger partial charge in [0.05, 0.1) is 0 Å². The summed E-state index contributed by atoms with van der Waals surface area (Å²) in [6, 6.07) is 5.76. The average molecular weight is 296 g/mol. The molecule has 17 heavy (non-hydrogen) atoms. The SMILES string of the molecule is Nc1cc(Br)cc2c(NCCCO)nccc12. The van der Waals surface area contributed by atoms with Gasteiger partial charge in [-0.15, -0.1) is 0 Å². The fourth-order valence-electron chi connectivity index (χ4n) is 1.70. The Balaban J connectivity index is 2.42. The molecule has 0 aliphatic rings. The van der Waals surface area contributed by atoms with E-state index in [1.54, 1.807) is 6.20 Å². The molecular formula is C12H14BrN3O. The minimum Gasteiger partial charge on any atom is -0.398 e. The summed E-state index contributed by atoms with van der Waals surface area (Å²) in [6.07, 6.45) is 2.43. The number of aliphatic hydroxyl groups excluding tert-OH is 1. The Labute approximate surface area is 108 Å². The number of fused-ring (bicyclic) bond motifs is 1. The van der Waals surface area contributed by atoms with Crippen LogP contribution in [0.5, 0.6) is 0 Å². The molecule has 0 amide bonds. The molecule has 0 fully saturated rings. The van der Waals surface area contributed by atoms with Gasteiger partial charge >= 0.3 is 0 Å². The summed E-state index contributed by atoms with van der Waals surface area (Å²) in [5.41, 5.74) is 6.68. The van der Waals surface area contributed by atoms with Gasteiger partial charge in [-0.1, -0.05) is 15.9 Å².